The number of hydrogen-bond donors (Lipinski definition) is 1. The molecule has 0 saturated carbocycles. The summed E-state index contributed by atoms with van der Waals surface area (Å²) >= 11 is 18.2. The van der Waals surface area contributed by atoms with Crippen LogP contribution in [0.4, 0.5) is 0 Å². The van der Waals surface area contributed by atoms with Gasteiger partial charge in [-0.25, -0.2) is 0 Å². The van der Waals surface area contributed by atoms with Crippen LogP contribution in [-0.4, -0.2) is 31.1 Å². The smallest absolute Gasteiger partial charge is 0.0652 e. The molecule has 5 heteroatoms. The molecule has 0 spiro atoms. The lowest BCUT2D eigenvalue weighted by molar-refractivity contribution is 0.269. The lowest BCUT2D eigenvalue weighted by atomic mass is 10.2. The Morgan fingerprint density at radius 2 is 1.79 bits per heavy atom. The fraction of sp³-hybridized carbons (Fsp3) is 0.571. The van der Waals surface area contributed by atoms with Crippen LogP contribution in [0, 0.1) is 0 Å². The van der Waals surface area contributed by atoms with E-state index in [1.807, 2.05) is 0 Å². The SMILES string of the molecule is CC(C)N(C)CCCNCc1c(Cl)ccc(Cl)c1Cl. The molecule has 0 heterocycles. The van der Waals surface area contributed by atoms with Gasteiger partial charge in [-0.15, -0.1) is 0 Å². The van der Waals surface area contributed by atoms with Gasteiger partial charge in [0.2, 0.25) is 0 Å². The van der Waals surface area contributed by atoms with Crippen molar-refractivity contribution in [1.29, 1.82) is 0 Å². The minimum Gasteiger partial charge on any atom is -0.313 e. The van der Waals surface area contributed by atoms with E-state index in [1.165, 1.54) is 0 Å². The standard InChI is InChI=1S/C14H21Cl3N2/c1-10(2)19(3)8-4-7-18-9-11-12(15)5-6-13(16)14(11)17/h5-6,10,18H,4,7-9H2,1-3H3. The van der Waals surface area contributed by atoms with Crippen LogP contribution in [0.2, 0.25) is 15.1 Å². The molecule has 0 fully saturated rings. The number of nitrogens with one attached hydrogen (secondary N) is 1. The monoisotopic (exact) mass is 322 g/mol. The molecule has 0 unspecified atom stereocenters. The molecule has 0 atom stereocenters. The van der Waals surface area contributed by atoms with Crippen molar-refractivity contribution in [3.05, 3.63) is 32.8 Å². The minimum absolute atomic E-state index is 0.543. The summed E-state index contributed by atoms with van der Waals surface area (Å²) in [7, 11) is 2.13. The average molecular weight is 324 g/mol. The number of benzene rings is 1. The Bertz CT molecular complexity index is 408. The summed E-state index contributed by atoms with van der Waals surface area (Å²) in [6.45, 7) is 7.03. The van der Waals surface area contributed by atoms with Gasteiger partial charge in [-0.2, -0.15) is 0 Å². The summed E-state index contributed by atoms with van der Waals surface area (Å²) in [6, 6.07) is 4.07. The number of nitrogens with zero attached hydrogens (tertiary/aromatic N) is 1. The molecule has 1 N–H and O–H groups in total. The van der Waals surface area contributed by atoms with Gasteiger partial charge in [-0.05, 0) is 52.5 Å². The summed E-state index contributed by atoms with van der Waals surface area (Å²) in [5, 5.41) is 5.09. The van der Waals surface area contributed by atoms with Crippen molar-refractivity contribution in [2.24, 2.45) is 0 Å². The zero-order valence-electron chi connectivity index (χ0n) is 11.6. The van der Waals surface area contributed by atoms with E-state index >= 15 is 0 Å². The topological polar surface area (TPSA) is 15.3 Å². The normalized spacial score (nSPS) is 11.6. The van der Waals surface area contributed by atoms with Crippen LogP contribution in [0.25, 0.3) is 0 Å². The lowest BCUT2D eigenvalue weighted by Gasteiger charge is -2.20. The number of rotatable bonds is 7. The maximum Gasteiger partial charge on any atom is 0.0652 e. The molecule has 0 amide bonds. The molecule has 0 aliphatic heterocycles. The highest BCUT2D eigenvalue weighted by Crippen LogP contribution is 2.31. The first kappa shape index (κ1) is 17.1. The number of hydrogen-bond acceptors (Lipinski definition) is 2. The van der Waals surface area contributed by atoms with Crippen LogP contribution in [-0.2, 0) is 6.54 Å². The van der Waals surface area contributed by atoms with Crippen LogP contribution in [0.5, 0.6) is 0 Å². The highest BCUT2D eigenvalue weighted by atomic mass is 35.5. The molecule has 0 bridgehead atoms. The Morgan fingerprint density at radius 1 is 1.16 bits per heavy atom. The summed E-state index contributed by atoms with van der Waals surface area (Å²) in [5.41, 5.74) is 0.869. The maximum atomic E-state index is 6.14. The van der Waals surface area contributed by atoms with E-state index in [2.05, 4.69) is 31.1 Å². The van der Waals surface area contributed by atoms with Gasteiger partial charge in [0, 0.05) is 23.2 Å². The highest BCUT2D eigenvalue weighted by Gasteiger charge is 2.09. The summed E-state index contributed by atoms with van der Waals surface area (Å²) in [6.07, 6.45) is 1.09. The maximum absolute atomic E-state index is 6.14. The van der Waals surface area contributed by atoms with Crippen LogP contribution >= 0.6 is 34.8 Å². The first-order chi connectivity index (χ1) is 8.93. The summed E-state index contributed by atoms with van der Waals surface area (Å²) in [4.78, 5) is 2.32. The zero-order chi connectivity index (χ0) is 14.4. The molecular weight excluding hydrogens is 303 g/mol. The van der Waals surface area contributed by atoms with Crippen molar-refractivity contribution in [2.45, 2.75) is 32.9 Å². The van der Waals surface area contributed by atoms with Crippen LogP contribution in [0.3, 0.4) is 0 Å². The molecular formula is C14H21Cl3N2. The third-order valence-electron chi connectivity index (χ3n) is 3.19. The van der Waals surface area contributed by atoms with Gasteiger partial charge in [0.1, 0.15) is 0 Å². The molecule has 108 valence electrons. The van der Waals surface area contributed by atoms with Crippen LogP contribution in [0.1, 0.15) is 25.8 Å². The van der Waals surface area contributed by atoms with Gasteiger partial charge in [0.25, 0.3) is 0 Å². The van der Waals surface area contributed by atoms with E-state index in [1.54, 1.807) is 12.1 Å². The van der Waals surface area contributed by atoms with Gasteiger partial charge in [-0.3, -0.25) is 0 Å². The molecule has 1 rings (SSSR count). The average Bonchev–Trinajstić information content (AvgIpc) is 2.37. The van der Waals surface area contributed by atoms with E-state index in [9.17, 15) is 0 Å². The lowest BCUT2D eigenvalue weighted by Crippen LogP contribution is -2.29. The van der Waals surface area contributed by atoms with Crippen LogP contribution < -0.4 is 5.32 Å². The molecule has 0 aliphatic carbocycles. The second-order valence-electron chi connectivity index (χ2n) is 4.93. The molecule has 0 radical (unpaired) electrons. The Morgan fingerprint density at radius 3 is 2.42 bits per heavy atom. The quantitative estimate of drug-likeness (QED) is 0.588. The predicted molar refractivity (Wildman–Crippen MR) is 85.6 cm³/mol. The third kappa shape index (κ3) is 5.49. The molecule has 1 aromatic carbocycles. The van der Waals surface area contributed by atoms with Gasteiger partial charge >= 0.3 is 0 Å². The summed E-state index contributed by atoms with van der Waals surface area (Å²) < 4.78 is 0. The minimum atomic E-state index is 0.543. The second-order valence-corrected chi connectivity index (χ2v) is 6.12. The van der Waals surface area contributed by atoms with E-state index in [-0.39, 0.29) is 0 Å². The van der Waals surface area contributed by atoms with Crippen molar-refractivity contribution in [3.63, 3.8) is 0 Å². The molecule has 19 heavy (non-hydrogen) atoms. The predicted octanol–water partition coefficient (Wildman–Crippen LogP) is 4.47. The van der Waals surface area contributed by atoms with Crippen molar-refractivity contribution in [2.75, 3.05) is 20.1 Å². The molecule has 0 saturated heterocycles. The third-order valence-corrected chi connectivity index (χ3v) is 4.38. The van der Waals surface area contributed by atoms with E-state index < -0.39 is 0 Å². The fourth-order valence-corrected chi connectivity index (χ4v) is 2.34. The van der Waals surface area contributed by atoms with Crippen molar-refractivity contribution >= 4 is 34.8 Å². The summed E-state index contributed by atoms with van der Waals surface area (Å²) in [5.74, 6) is 0. The fourth-order valence-electron chi connectivity index (χ4n) is 1.66. The van der Waals surface area contributed by atoms with Crippen LogP contribution in [0.15, 0.2) is 12.1 Å². The van der Waals surface area contributed by atoms with Gasteiger partial charge in [0.15, 0.2) is 0 Å². The zero-order valence-corrected chi connectivity index (χ0v) is 13.9. The van der Waals surface area contributed by atoms with Gasteiger partial charge in [0.05, 0.1) is 10.0 Å². The van der Waals surface area contributed by atoms with E-state index in [0.717, 1.165) is 25.1 Å². The first-order valence-corrected chi connectivity index (χ1v) is 7.60. The Labute approximate surface area is 131 Å². The number of halogens is 3. The van der Waals surface area contributed by atoms with Crippen molar-refractivity contribution in [1.82, 2.24) is 10.2 Å². The van der Waals surface area contributed by atoms with E-state index in [4.69, 9.17) is 34.8 Å². The second kappa shape index (κ2) is 8.33. The molecule has 0 aromatic heterocycles. The molecule has 2 nitrogen and oxygen atoms in total. The van der Waals surface area contributed by atoms with Crippen molar-refractivity contribution < 1.29 is 0 Å². The van der Waals surface area contributed by atoms with E-state index in [0.29, 0.717) is 27.7 Å². The largest absolute Gasteiger partial charge is 0.313 e. The van der Waals surface area contributed by atoms with Gasteiger partial charge in [-0.1, -0.05) is 34.8 Å². The van der Waals surface area contributed by atoms with Crippen molar-refractivity contribution in [3.8, 4) is 0 Å². The Hall–Kier alpha value is 0.01000. The first-order valence-electron chi connectivity index (χ1n) is 6.46. The Kier molecular flexibility index (Phi) is 7.48. The highest BCUT2D eigenvalue weighted by molar-refractivity contribution is 6.44. The Balaban J connectivity index is 2.36. The van der Waals surface area contributed by atoms with Gasteiger partial charge < -0.3 is 10.2 Å². The molecule has 0 aliphatic rings. The molecule has 1 aromatic rings.